The summed E-state index contributed by atoms with van der Waals surface area (Å²) in [5.41, 5.74) is 2.74. The van der Waals surface area contributed by atoms with Gasteiger partial charge in [0.2, 0.25) is 5.88 Å². The molecule has 4 rings (SSSR count). The highest BCUT2D eigenvalue weighted by molar-refractivity contribution is 5.99. The second-order valence-corrected chi connectivity index (χ2v) is 7.38. The zero-order valence-electron chi connectivity index (χ0n) is 15.7. The Labute approximate surface area is 160 Å². The van der Waals surface area contributed by atoms with Crippen LogP contribution in [0.5, 0.6) is 11.6 Å². The molecule has 0 spiro atoms. The summed E-state index contributed by atoms with van der Waals surface area (Å²) < 4.78 is 11.4. The minimum Gasteiger partial charge on any atom is -0.496 e. The molecule has 0 amide bonds. The molecule has 2 heterocycles. The maximum Gasteiger partial charge on any atom is 0.213 e. The number of carbonyl (C=O) groups excluding carboxylic acids is 1. The highest BCUT2D eigenvalue weighted by Gasteiger charge is 2.30. The number of ketones is 1. The SMILES string of the molecule is COc1cc(C(=O)C2CC2)ccc1COc1cccc(C2CCNCC2)n1. The number of hydrogen-bond acceptors (Lipinski definition) is 5. The van der Waals surface area contributed by atoms with Crippen molar-refractivity contribution in [3.05, 3.63) is 53.2 Å². The van der Waals surface area contributed by atoms with Crippen LogP contribution in [-0.2, 0) is 6.61 Å². The van der Waals surface area contributed by atoms with Gasteiger partial charge in [-0.05, 0) is 50.9 Å². The number of ether oxygens (including phenoxy) is 2. The molecule has 1 saturated carbocycles. The van der Waals surface area contributed by atoms with Crippen molar-refractivity contribution in [2.75, 3.05) is 20.2 Å². The molecule has 0 radical (unpaired) electrons. The fraction of sp³-hybridized carbons (Fsp3) is 0.455. The fourth-order valence-electron chi connectivity index (χ4n) is 3.61. The highest BCUT2D eigenvalue weighted by Crippen LogP contribution is 2.34. The molecule has 1 aromatic carbocycles. The first-order valence-corrected chi connectivity index (χ1v) is 9.76. The number of nitrogens with zero attached hydrogens (tertiary/aromatic N) is 1. The highest BCUT2D eigenvalue weighted by atomic mass is 16.5. The van der Waals surface area contributed by atoms with Gasteiger partial charge in [0.25, 0.3) is 0 Å². The molecule has 1 aliphatic carbocycles. The quantitative estimate of drug-likeness (QED) is 0.757. The van der Waals surface area contributed by atoms with E-state index in [1.807, 2.05) is 30.3 Å². The number of benzene rings is 1. The van der Waals surface area contributed by atoms with E-state index >= 15 is 0 Å². The monoisotopic (exact) mass is 366 g/mol. The van der Waals surface area contributed by atoms with Crippen LogP contribution in [0.1, 0.15) is 53.2 Å². The van der Waals surface area contributed by atoms with Crippen molar-refractivity contribution in [2.24, 2.45) is 5.92 Å². The number of carbonyl (C=O) groups is 1. The molecule has 0 atom stereocenters. The first-order valence-electron chi connectivity index (χ1n) is 9.76. The van der Waals surface area contributed by atoms with E-state index in [1.54, 1.807) is 7.11 Å². The van der Waals surface area contributed by atoms with Crippen molar-refractivity contribution < 1.29 is 14.3 Å². The van der Waals surface area contributed by atoms with Crippen LogP contribution < -0.4 is 14.8 Å². The zero-order valence-corrected chi connectivity index (χ0v) is 15.7. The predicted molar refractivity (Wildman–Crippen MR) is 103 cm³/mol. The van der Waals surface area contributed by atoms with E-state index in [0.29, 0.717) is 24.2 Å². The summed E-state index contributed by atoms with van der Waals surface area (Å²) in [5.74, 6) is 2.25. The van der Waals surface area contributed by atoms with Crippen LogP contribution in [0.3, 0.4) is 0 Å². The van der Waals surface area contributed by atoms with E-state index in [2.05, 4.69) is 11.4 Å². The molecule has 1 saturated heterocycles. The number of methoxy groups -OCH3 is 1. The van der Waals surface area contributed by atoms with Crippen LogP contribution in [0, 0.1) is 5.92 Å². The second kappa shape index (κ2) is 8.09. The zero-order chi connectivity index (χ0) is 18.6. The van der Waals surface area contributed by atoms with Crippen molar-refractivity contribution >= 4 is 5.78 Å². The third kappa shape index (κ3) is 4.30. The lowest BCUT2D eigenvalue weighted by molar-refractivity contribution is 0.0967. The average Bonchev–Trinajstić information content (AvgIpc) is 3.58. The molecule has 27 heavy (non-hydrogen) atoms. The molecule has 2 aliphatic rings. The van der Waals surface area contributed by atoms with Crippen LogP contribution in [-0.4, -0.2) is 31.0 Å². The van der Waals surface area contributed by atoms with Crippen molar-refractivity contribution in [2.45, 2.75) is 38.2 Å². The van der Waals surface area contributed by atoms with Gasteiger partial charge in [-0.3, -0.25) is 4.79 Å². The average molecular weight is 366 g/mol. The first-order chi connectivity index (χ1) is 13.2. The summed E-state index contributed by atoms with van der Waals surface area (Å²) >= 11 is 0. The summed E-state index contributed by atoms with van der Waals surface area (Å²) in [7, 11) is 1.63. The number of rotatable bonds is 7. The van der Waals surface area contributed by atoms with E-state index in [1.165, 1.54) is 0 Å². The van der Waals surface area contributed by atoms with Crippen LogP contribution in [0.25, 0.3) is 0 Å². The Morgan fingerprint density at radius 2 is 1.96 bits per heavy atom. The molecule has 142 valence electrons. The number of pyridine rings is 1. The second-order valence-electron chi connectivity index (χ2n) is 7.38. The van der Waals surface area contributed by atoms with Gasteiger partial charge >= 0.3 is 0 Å². The smallest absolute Gasteiger partial charge is 0.213 e. The van der Waals surface area contributed by atoms with Crippen LogP contribution >= 0.6 is 0 Å². The molecule has 2 fully saturated rings. The predicted octanol–water partition coefficient (Wildman–Crippen LogP) is 3.73. The Bertz CT molecular complexity index is 811. The molecule has 5 nitrogen and oxygen atoms in total. The minimum atomic E-state index is 0.207. The lowest BCUT2D eigenvalue weighted by Gasteiger charge is -2.22. The van der Waals surface area contributed by atoms with Gasteiger partial charge in [0.15, 0.2) is 5.78 Å². The van der Waals surface area contributed by atoms with Gasteiger partial charge < -0.3 is 14.8 Å². The topological polar surface area (TPSA) is 60.5 Å². The van der Waals surface area contributed by atoms with Crippen LogP contribution in [0.2, 0.25) is 0 Å². The third-order valence-electron chi connectivity index (χ3n) is 5.40. The molecule has 5 heteroatoms. The molecule has 1 N–H and O–H groups in total. The molecule has 1 aromatic heterocycles. The van der Waals surface area contributed by atoms with Gasteiger partial charge in [-0.1, -0.05) is 18.2 Å². The summed E-state index contributed by atoms with van der Waals surface area (Å²) in [6.45, 7) is 2.45. The molecular weight excluding hydrogens is 340 g/mol. The standard InChI is InChI=1S/C22H26N2O3/c1-26-20-13-17(22(25)16-5-6-16)7-8-18(20)14-27-21-4-2-3-19(24-21)15-9-11-23-12-10-15/h2-4,7-8,13,15-16,23H,5-6,9-12,14H2,1H3. The van der Waals surface area contributed by atoms with E-state index in [-0.39, 0.29) is 11.7 Å². The molecule has 2 aromatic rings. The molecular formula is C22H26N2O3. The Hall–Kier alpha value is -2.40. The molecule has 1 aliphatic heterocycles. The summed E-state index contributed by atoms with van der Waals surface area (Å²) in [5, 5.41) is 3.38. The van der Waals surface area contributed by atoms with Gasteiger partial charge in [0.1, 0.15) is 12.4 Å². The maximum atomic E-state index is 12.3. The molecule has 0 unspecified atom stereocenters. The lowest BCUT2D eigenvalue weighted by Crippen LogP contribution is -2.27. The summed E-state index contributed by atoms with van der Waals surface area (Å²) in [6.07, 6.45) is 4.23. The third-order valence-corrected chi connectivity index (χ3v) is 5.40. The number of aromatic nitrogens is 1. The van der Waals surface area contributed by atoms with Gasteiger partial charge in [0.05, 0.1) is 7.11 Å². The van der Waals surface area contributed by atoms with Gasteiger partial charge in [-0.2, -0.15) is 0 Å². The van der Waals surface area contributed by atoms with Crippen LogP contribution in [0.15, 0.2) is 36.4 Å². The number of hydrogen-bond donors (Lipinski definition) is 1. The Kier molecular flexibility index (Phi) is 5.39. The molecule has 0 bridgehead atoms. The van der Waals surface area contributed by atoms with Crippen molar-refractivity contribution in [1.29, 1.82) is 0 Å². The summed E-state index contributed by atoms with van der Waals surface area (Å²) in [6, 6.07) is 11.6. The number of nitrogens with one attached hydrogen (secondary N) is 1. The lowest BCUT2D eigenvalue weighted by atomic mass is 9.94. The van der Waals surface area contributed by atoms with Gasteiger partial charge in [-0.15, -0.1) is 0 Å². The van der Waals surface area contributed by atoms with E-state index in [0.717, 1.165) is 55.6 Å². The number of piperidine rings is 1. The Morgan fingerprint density at radius 1 is 1.15 bits per heavy atom. The van der Waals surface area contributed by atoms with Crippen molar-refractivity contribution in [3.8, 4) is 11.6 Å². The fourth-order valence-corrected chi connectivity index (χ4v) is 3.61. The van der Waals surface area contributed by atoms with Gasteiger partial charge in [-0.25, -0.2) is 4.98 Å². The van der Waals surface area contributed by atoms with E-state index in [4.69, 9.17) is 14.5 Å². The Balaban J connectivity index is 1.44. The Morgan fingerprint density at radius 3 is 2.70 bits per heavy atom. The normalized spacial score (nSPS) is 17.5. The minimum absolute atomic E-state index is 0.207. The van der Waals surface area contributed by atoms with Crippen molar-refractivity contribution in [1.82, 2.24) is 10.3 Å². The van der Waals surface area contributed by atoms with Gasteiger partial charge in [0, 0.05) is 34.7 Å². The van der Waals surface area contributed by atoms with Crippen molar-refractivity contribution in [3.63, 3.8) is 0 Å². The largest absolute Gasteiger partial charge is 0.496 e. The van der Waals surface area contributed by atoms with E-state index < -0.39 is 0 Å². The van der Waals surface area contributed by atoms with Crippen LogP contribution in [0.4, 0.5) is 0 Å². The van der Waals surface area contributed by atoms with E-state index in [9.17, 15) is 4.79 Å². The maximum absolute atomic E-state index is 12.3. The number of Topliss-reactive ketones (excluding diaryl/α,β-unsaturated/α-hetero) is 1. The summed E-state index contributed by atoms with van der Waals surface area (Å²) in [4.78, 5) is 17.0. The first kappa shape index (κ1) is 18.0.